The van der Waals surface area contributed by atoms with E-state index in [0.29, 0.717) is 18.7 Å². The van der Waals surface area contributed by atoms with Crippen molar-refractivity contribution in [1.82, 2.24) is 4.90 Å². The molecule has 1 aliphatic rings. The van der Waals surface area contributed by atoms with Gasteiger partial charge in [0.15, 0.2) is 6.61 Å². The zero-order valence-electron chi connectivity index (χ0n) is 10.4. The van der Waals surface area contributed by atoms with Gasteiger partial charge in [0.1, 0.15) is 5.75 Å². The highest BCUT2D eigenvalue weighted by atomic mass is 16.5. The highest BCUT2D eigenvalue weighted by Crippen LogP contribution is 2.12. The van der Waals surface area contributed by atoms with Crippen molar-refractivity contribution in [3.63, 3.8) is 0 Å². The van der Waals surface area contributed by atoms with Gasteiger partial charge in [0, 0.05) is 6.54 Å². The summed E-state index contributed by atoms with van der Waals surface area (Å²) in [5, 5.41) is 8.91. The number of carbonyl (C=O) groups excluding carboxylic acids is 1. The second-order valence-electron chi connectivity index (χ2n) is 4.24. The van der Waals surface area contributed by atoms with Gasteiger partial charge in [-0.2, -0.15) is 0 Å². The second kappa shape index (κ2) is 6.04. The van der Waals surface area contributed by atoms with Gasteiger partial charge in [-0.25, -0.2) is 4.79 Å². The first-order valence-corrected chi connectivity index (χ1v) is 6.05. The fraction of sp³-hybridized carbons (Fsp3) is 0.286. The van der Waals surface area contributed by atoms with Crippen LogP contribution >= 0.6 is 0 Å². The topological polar surface area (TPSA) is 66.8 Å². The molecule has 0 aromatic heterocycles. The Balaban J connectivity index is 1.87. The quantitative estimate of drug-likeness (QED) is 0.887. The fourth-order valence-corrected chi connectivity index (χ4v) is 1.86. The lowest BCUT2D eigenvalue weighted by Crippen LogP contribution is -2.40. The molecule has 0 fully saturated rings. The molecule has 1 aliphatic heterocycles. The molecule has 0 atom stereocenters. The molecule has 5 heteroatoms. The average molecular weight is 261 g/mol. The van der Waals surface area contributed by atoms with Gasteiger partial charge in [-0.3, -0.25) is 4.79 Å². The molecule has 0 saturated carbocycles. The first-order chi connectivity index (χ1) is 9.16. The van der Waals surface area contributed by atoms with Crippen LogP contribution in [0.25, 0.3) is 0 Å². The summed E-state index contributed by atoms with van der Waals surface area (Å²) in [5.74, 6) is -0.543. The number of aliphatic carboxylic acids is 1. The van der Waals surface area contributed by atoms with Gasteiger partial charge in [-0.05, 0) is 18.6 Å². The molecule has 2 rings (SSSR count). The van der Waals surface area contributed by atoms with Gasteiger partial charge in [0.25, 0.3) is 5.91 Å². The van der Waals surface area contributed by atoms with E-state index >= 15 is 0 Å². The number of carboxylic acid groups (broad SMARTS) is 1. The summed E-state index contributed by atoms with van der Waals surface area (Å²) in [4.78, 5) is 24.3. The number of hydrogen-bond acceptors (Lipinski definition) is 3. The van der Waals surface area contributed by atoms with E-state index in [1.807, 2.05) is 18.2 Å². The van der Waals surface area contributed by atoms with Crippen molar-refractivity contribution in [3.8, 4) is 5.75 Å². The summed E-state index contributed by atoms with van der Waals surface area (Å²) < 4.78 is 5.36. The monoisotopic (exact) mass is 261 g/mol. The number of amides is 1. The van der Waals surface area contributed by atoms with Gasteiger partial charge >= 0.3 is 5.97 Å². The fourth-order valence-electron chi connectivity index (χ4n) is 1.86. The average Bonchev–Trinajstić information content (AvgIpc) is 2.46. The summed E-state index contributed by atoms with van der Waals surface area (Å²) in [6.45, 7) is 0.608. The minimum Gasteiger partial charge on any atom is -0.484 e. The SMILES string of the molecule is O=C(O)C1=CCCN(C(=O)COc2ccccc2)C1. The van der Waals surface area contributed by atoms with Crippen LogP contribution in [0, 0.1) is 0 Å². The smallest absolute Gasteiger partial charge is 0.333 e. The summed E-state index contributed by atoms with van der Waals surface area (Å²) >= 11 is 0. The number of carbonyl (C=O) groups is 2. The van der Waals surface area contributed by atoms with Crippen LogP contribution in [0.4, 0.5) is 0 Å². The zero-order valence-corrected chi connectivity index (χ0v) is 10.4. The van der Waals surface area contributed by atoms with Crippen LogP contribution in [-0.2, 0) is 9.59 Å². The lowest BCUT2D eigenvalue weighted by molar-refractivity contribution is -0.135. The Kier molecular flexibility index (Phi) is 4.18. The predicted octanol–water partition coefficient (Wildman–Crippen LogP) is 1.31. The van der Waals surface area contributed by atoms with Gasteiger partial charge in [-0.15, -0.1) is 0 Å². The van der Waals surface area contributed by atoms with Crippen molar-refractivity contribution >= 4 is 11.9 Å². The number of hydrogen-bond donors (Lipinski definition) is 1. The molecule has 1 N–H and O–H groups in total. The summed E-state index contributed by atoms with van der Waals surface area (Å²) in [6, 6.07) is 9.05. The van der Waals surface area contributed by atoms with Crippen molar-refractivity contribution in [2.45, 2.75) is 6.42 Å². The van der Waals surface area contributed by atoms with Gasteiger partial charge in [0.05, 0.1) is 12.1 Å². The highest BCUT2D eigenvalue weighted by molar-refractivity contribution is 5.89. The minimum atomic E-state index is -0.971. The minimum absolute atomic E-state index is 0.0725. The van der Waals surface area contributed by atoms with E-state index in [-0.39, 0.29) is 24.6 Å². The first-order valence-electron chi connectivity index (χ1n) is 6.05. The molecule has 1 aromatic carbocycles. The third kappa shape index (κ3) is 3.58. The number of rotatable bonds is 4. The Morgan fingerprint density at radius 3 is 2.68 bits per heavy atom. The molecular weight excluding hydrogens is 246 g/mol. The van der Waals surface area contributed by atoms with Crippen LogP contribution in [0.5, 0.6) is 5.75 Å². The molecule has 0 bridgehead atoms. The van der Waals surface area contributed by atoms with Gasteiger partial charge in [0.2, 0.25) is 0 Å². The van der Waals surface area contributed by atoms with E-state index in [4.69, 9.17) is 9.84 Å². The number of carboxylic acids is 1. The largest absolute Gasteiger partial charge is 0.484 e. The third-order valence-electron chi connectivity index (χ3n) is 2.88. The maximum absolute atomic E-state index is 11.9. The maximum Gasteiger partial charge on any atom is 0.333 e. The molecule has 0 radical (unpaired) electrons. The third-order valence-corrected chi connectivity index (χ3v) is 2.88. The first kappa shape index (κ1) is 13.1. The van der Waals surface area contributed by atoms with Crippen LogP contribution in [0.15, 0.2) is 42.0 Å². The Morgan fingerprint density at radius 1 is 1.26 bits per heavy atom. The van der Waals surface area contributed by atoms with Gasteiger partial charge in [-0.1, -0.05) is 24.3 Å². The van der Waals surface area contributed by atoms with Crippen LogP contribution in [0.1, 0.15) is 6.42 Å². The van der Waals surface area contributed by atoms with Gasteiger partial charge < -0.3 is 14.7 Å². The molecule has 0 saturated heterocycles. The lowest BCUT2D eigenvalue weighted by Gasteiger charge is -2.25. The molecule has 0 aliphatic carbocycles. The summed E-state index contributed by atoms with van der Waals surface area (Å²) in [5.41, 5.74) is 0.263. The van der Waals surface area contributed by atoms with Crippen molar-refractivity contribution in [3.05, 3.63) is 42.0 Å². The molecule has 19 heavy (non-hydrogen) atoms. The number of nitrogens with zero attached hydrogens (tertiary/aromatic N) is 1. The molecule has 0 spiro atoms. The lowest BCUT2D eigenvalue weighted by atomic mass is 10.1. The van der Waals surface area contributed by atoms with E-state index in [0.717, 1.165) is 0 Å². The molecule has 5 nitrogen and oxygen atoms in total. The number of benzene rings is 1. The van der Waals surface area contributed by atoms with Crippen molar-refractivity contribution in [2.24, 2.45) is 0 Å². The molecule has 0 unspecified atom stereocenters. The Morgan fingerprint density at radius 2 is 2.00 bits per heavy atom. The Hall–Kier alpha value is -2.30. The van der Waals surface area contributed by atoms with Crippen LogP contribution in [0.3, 0.4) is 0 Å². The maximum atomic E-state index is 11.9. The van der Waals surface area contributed by atoms with E-state index in [1.54, 1.807) is 18.2 Å². The van der Waals surface area contributed by atoms with Crippen LogP contribution in [0.2, 0.25) is 0 Å². The predicted molar refractivity (Wildman–Crippen MR) is 68.9 cm³/mol. The second-order valence-corrected chi connectivity index (χ2v) is 4.24. The van der Waals surface area contributed by atoms with E-state index < -0.39 is 5.97 Å². The summed E-state index contributed by atoms with van der Waals surface area (Å²) in [7, 11) is 0. The molecule has 1 aromatic rings. The normalized spacial score (nSPS) is 14.7. The standard InChI is InChI=1S/C14H15NO4/c16-13(10-19-12-6-2-1-3-7-12)15-8-4-5-11(9-15)14(17)18/h1-3,5-7H,4,8-10H2,(H,17,18). The highest BCUT2D eigenvalue weighted by Gasteiger charge is 2.21. The van der Waals surface area contributed by atoms with Crippen molar-refractivity contribution in [2.75, 3.05) is 19.7 Å². The van der Waals surface area contributed by atoms with Crippen LogP contribution in [-0.4, -0.2) is 41.6 Å². The van der Waals surface area contributed by atoms with E-state index in [2.05, 4.69) is 0 Å². The summed E-state index contributed by atoms with van der Waals surface area (Å²) in [6.07, 6.45) is 2.23. The zero-order chi connectivity index (χ0) is 13.7. The van der Waals surface area contributed by atoms with E-state index in [1.165, 1.54) is 4.90 Å². The Bertz CT molecular complexity index is 495. The molecule has 1 amide bonds. The number of para-hydroxylation sites is 1. The van der Waals surface area contributed by atoms with Crippen molar-refractivity contribution in [1.29, 1.82) is 0 Å². The number of ether oxygens (including phenoxy) is 1. The van der Waals surface area contributed by atoms with Crippen molar-refractivity contribution < 1.29 is 19.4 Å². The molecule has 1 heterocycles. The Labute approximate surface area is 111 Å². The van der Waals surface area contributed by atoms with E-state index in [9.17, 15) is 9.59 Å². The van der Waals surface area contributed by atoms with Crippen LogP contribution < -0.4 is 4.74 Å². The molecular formula is C14H15NO4. The molecule has 100 valence electrons.